The van der Waals surface area contributed by atoms with Crippen LogP contribution in [0.2, 0.25) is 0 Å². The molecule has 0 aliphatic rings. The van der Waals surface area contributed by atoms with Crippen LogP contribution in [0.15, 0.2) is 18.2 Å². The van der Waals surface area contributed by atoms with Crippen molar-refractivity contribution in [3.05, 3.63) is 29.3 Å². The molecule has 1 aromatic carbocycles. The first kappa shape index (κ1) is 24.3. The largest absolute Gasteiger partial charge is 0.480 e. The van der Waals surface area contributed by atoms with Gasteiger partial charge in [0.15, 0.2) is 6.10 Å². The second-order valence-corrected chi connectivity index (χ2v) is 7.56. The lowest BCUT2D eigenvalue weighted by atomic mass is 9.87. The second-order valence-electron chi connectivity index (χ2n) is 7.56. The highest BCUT2D eigenvalue weighted by Gasteiger charge is 2.39. The topological polar surface area (TPSA) is 79.6 Å². The maximum absolute atomic E-state index is 13.2. The highest BCUT2D eigenvalue weighted by molar-refractivity contribution is 5.87. The molecule has 9 heteroatoms. The summed E-state index contributed by atoms with van der Waals surface area (Å²) in [5, 5.41) is 8.91. The third kappa shape index (κ3) is 6.11. The van der Waals surface area contributed by atoms with E-state index in [-0.39, 0.29) is 12.4 Å². The standard InChI is InChI=1S/C20H25F3N2O4/c1-7-28-18(27)12(2)25(6)17(26)16(19(3,4)5)29-14-9-8-13(11-24)15(10-14)20(21,22)23/h8-10,12,16H,7H2,1-6H3. The Bertz CT molecular complexity index is 794. The maximum atomic E-state index is 13.2. The average molecular weight is 414 g/mol. The molecular weight excluding hydrogens is 389 g/mol. The van der Waals surface area contributed by atoms with Crippen LogP contribution in [0.3, 0.4) is 0 Å². The van der Waals surface area contributed by atoms with Crippen LogP contribution < -0.4 is 4.74 Å². The molecule has 0 N–H and O–H groups in total. The molecule has 0 heterocycles. The van der Waals surface area contributed by atoms with Crippen LogP contribution in [0.1, 0.15) is 45.7 Å². The quantitative estimate of drug-likeness (QED) is 0.662. The Morgan fingerprint density at radius 1 is 1.24 bits per heavy atom. The second kappa shape index (κ2) is 9.16. The van der Waals surface area contributed by atoms with Crippen molar-refractivity contribution in [2.75, 3.05) is 13.7 Å². The fourth-order valence-corrected chi connectivity index (χ4v) is 2.46. The fourth-order valence-electron chi connectivity index (χ4n) is 2.46. The van der Waals surface area contributed by atoms with Gasteiger partial charge in [0.05, 0.1) is 23.8 Å². The van der Waals surface area contributed by atoms with Crippen LogP contribution >= 0.6 is 0 Å². The smallest absolute Gasteiger partial charge is 0.417 e. The van der Waals surface area contributed by atoms with Gasteiger partial charge in [-0.15, -0.1) is 0 Å². The lowest BCUT2D eigenvalue weighted by Crippen LogP contribution is -2.51. The van der Waals surface area contributed by atoms with Crippen molar-refractivity contribution in [3.63, 3.8) is 0 Å². The number of nitriles is 1. The number of rotatable bonds is 6. The number of halogens is 3. The number of carbonyl (C=O) groups is 2. The molecule has 1 aromatic rings. The number of alkyl halides is 3. The highest BCUT2D eigenvalue weighted by atomic mass is 19.4. The molecule has 0 saturated carbocycles. The minimum Gasteiger partial charge on any atom is -0.480 e. The van der Waals surface area contributed by atoms with E-state index in [4.69, 9.17) is 14.7 Å². The van der Waals surface area contributed by atoms with E-state index in [2.05, 4.69) is 0 Å². The van der Waals surface area contributed by atoms with E-state index in [1.54, 1.807) is 27.7 Å². The Morgan fingerprint density at radius 3 is 2.28 bits per heavy atom. The van der Waals surface area contributed by atoms with Gasteiger partial charge >= 0.3 is 12.1 Å². The third-order valence-electron chi connectivity index (χ3n) is 4.24. The molecule has 0 aliphatic carbocycles. The zero-order valence-electron chi connectivity index (χ0n) is 17.3. The molecule has 0 saturated heterocycles. The van der Waals surface area contributed by atoms with E-state index in [1.165, 1.54) is 26.1 Å². The summed E-state index contributed by atoms with van der Waals surface area (Å²) < 4.78 is 50.2. The molecule has 2 unspecified atom stereocenters. The molecule has 0 aromatic heterocycles. The van der Waals surface area contributed by atoms with Gasteiger partial charge in [0.1, 0.15) is 11.8 Å². The lowest BCUT2D eigenvalue weighted by Gasteiger charge is -2.34. The van der Waals surface area contributed by atoms with E-state index < -0.39 is 46.7 Å². The molecule has 1 amide bonds. The normalized spacial score (nSPS) is 13.8. The summed E-state index contributed by atoms with van der Waals surface area (Å²) in [6.07, 6.45) is -5.93. The first-order valence-electron chi connectivity index (χ1n) is 8.95. The van der Waals surface area contributed by atoms with Crippen LogP contribution in [-0.2, 0) is 20.5 Å². The molecule has 0 spiro atoms. The maximum Gasteiger partial charge on any atom is 0.417 e. The summed E-state index contributed by atoms with van der Waals surface area (Å²) in [5.41, 5.74) is -2.49. The molecule has 29 heavy (non-hydrogen) atoms. The summed E-state index contributed by atoms with van der Waals surface area (Å²) >= 11 is 0. The van der Waals surface area contributed by atoms with Crippen molar-refractivity contribution in [3.8, 4) is 11.8 Å². The van der Waals surface area contributed by atoms with Crippen LogP contribution in [-0.4, -0.2) is 42.6 Å². The van der Waals surface area contributed by atoms with Gasteiger partial charge in [-0.1, -0.05) is 20.8 Å². The predicted molar refractivity (Wildman–Crippen MR) is 98.9 cm³/mol. The molecule has 160 valence electrons. The Balaban J connectivity index is 3.24. The molecule has 0 radical (unpaired) electrons. The Hall–Kier alpha value is -2.76. The van der Waals surface area contributed by atoms with Crippen molar-refractivity contribution >= 4 is 11.9 Å². The number of benzene rings is 1. The number of ether oxygens (including phenoxy) is 2. The summed E-state index contributed by atoms with van der Waals surface area (Å²) in [5.74, 6) is -1.40. The molecule has 1 rings (SSSR count). The fraction of sp³-hybridized carbons (Fsp3) is 0.550. The number of likely N-dealkylation sites (N-methyl/N-ethyl adjacent to an activating group) is 1. The summed E-state index contributed by atoms with van der Waals surface area (Å²) in [4.78, 5) is 26.0. The summed E-state index contributed by atoms with van der Waals surface area (Å²) in [6, 6.07) is 3.48. The molecule has 2 atom stereocenters. The third-order valence-corrected chi connectivity index (χ3v) is 4.24. The number of amides is 1. The first-order chi connectivity index (χ1) is 13.2. The van der Waals surface area contributed by atoms with Gasteiger partial charge in [0.2, 0.25) is 0 Å². The molecule has 0 fully saturated rings. The minimum absolute atomic E-state index is 0.149. The minimum atomic E-state index is -4.75. The van der Waals surface area contributed by atoms with Crippen LogP contribution in [0.25, 0.3) is 0 Å². The summed E-state index contributed by atoms with van der Waals surface area (Å²) in [7, 11) is 1.39. The molecule has 6 nitrogen and oxygen atoms in total. The van der Waals surface area contributed by atoms with E-state index >= 15 is 0 Å². The Labute approximate surface area is 168 Å². The van der Waals surface area contributed by atoms with E-state index in [1.807, 2.05) is 0 Å². The van der Waals surface area contributed by atoms with E-state index in [0.29, 0.717) is 6.07 Å². The highest BCUT2D eigenvalue weighted by Crippen LogP contribution is 2.35. The predicted octanol–water partition coefficient (Wildman–Crippen LogP) is 3.78. The number of carbonyl (C=O) groups excluding carboxylic acids is 2. The van der Waals surface area contributed by atoms with Crippen LogP contribution in [0, 0.1) is 16.7 Å². The van der Waals surface area contributed by atoms with Gasteiger partial charge in [-0.05, 0) is 32.0 Å². The molecule has 0 bridgehead atoms. The number of hydrogen-bond acceptors (Lipinski definition) is 5. The lowest BCUT2D eigenvalue weighted by molar-refractivity contribution is -0.157. The number of nitrogens with zero attached hydrogens (tertiary/aromatic N) is 2. The van der Waals surface area contributed by atoms with Crippen LogP contribution in [0.5, 0.6) is 5.75 Å². The van der Waals surface area contributed by atoms with Gasteiger partial charge in [-0.25, -0.2) is 4.79 Å². The van der Waals surface area contributed by atoms with Gasteiger partial charge in [-0.3, -0.25) is 4.79 Å². The Kier molecular flexibility index (Phi) is 7.67. The van der Waals surface area contributed by atoms with Crippen molar-refractivity contribution in [2.45, 2.75) is 52.9 Å². The SMILES string of the molecule is CCOC(=O)C(C)N(C)C(=O)C(Oc1ccc(C#N)c(C(F)(F)F)c1)C(C)(C)C. The van der Waals surface area contributed by atoms with E-state index in [9.17, 15) is 22.8 Å². The molecular formula is C20H25F3N2O4. The van der Waals surface area contributed by atoms with Gasteiger partial charge < -0.3 is 14.4 Å². The number of esters is 1. The number of hydrogen-bond donors (Lipinski definition) is 0. The average Bonchev–Trinajstić information content (AvgIpc) is 2.62. The summed E-state index contributed by atoms with van der Waals surface area (Å²) in [6.45, 7) is 8.33. The van der Waals surface area contributed by atoms with Gasteiger partial charge in [0, 0.05) is 12.5 Å². The van der Waals surface area contributed by atoms with Gasteiger partial charge in [0.25, 0.3) is 5.91 Å². The van der Waals surface area contributed by atoms with Gasteiger partial charge in [-0.2, -0.15) is 18.4 Å². The van der Waals surface area contributed by atoms with Crippen molar-refractivity contribution in [2.24, 2.45) is 5.41 Å². The van der Waals surface area contributed by atoms with E-state index in [0.717, 1.165) is 11.0 Å². The van der Waals surface area contributed by atoms with Crippen molar-refractivity contribution < 1.29 is 32.2 Å². The van der Waals surface area contributed by atoms with Crippen LogP contribution in [0.4, 0.5) is 13.2 Å². The zero-order valence-corrected chi connectivity index (χ0v) is 17.3. The van der Waals surface area contributed by atoms with Crippen molar-refractivity contribution in [1.29, 1.82) is 5.26 Å². The molecule has 0 aliphatic heterocycles. The Morgan fingerprint density at radius 2 is 1.83 bits per heavy atom. The zero-order chi connectivity index (χ0) is 22.6. The first-order valence-corrected chi connectivity index (χ1v) is 8.95. The van der Waals surface area contributed by atoms with Crippen molar-refractivity contribution in [1.82, 2.24) is 4.90 Å². The monoisotopic (exact) mass is 414 g/mol.